The lowest BCUT2D eigenvalue weighted by Crippen LogP contribution is -2.45. The van der Waals surface area contributed by atoms with Gasteiger partial charge in [-0.25, -0.2) is 4.79 Å². The van der Waals surface area contributed by atoms with Gasteiger partial charge in [0.15, 0.2) is 5.69 Å². The van der Waals surface area contributed by atoms with E-state index in [1.807, 2.05) is 58.9 Å². The molecule has 2 aromatic rings. The van der Waals surface area contributed by atoms with Crippen LogP contribution in [0.4, 0.5) is 11.5 Å². The lowest BCUT2D eigenvalue weighted by Gasteiger charge is -2.28. The summed E-state index contributed by atoms with van der Waals surface area (Å²) in [6.45, 7) is 11.0. The van der Waals surface area contributed by atoms with Crippen LogP contribution in [0.15, 0.2) is 33.9 Å². The van der Waals surface area contributed by atoms with E-state index in [0.717, 1.165) is 11.1 Å². The number of likely N-dealkylation sites (tertiary alicyclic amines) is 1. The molecule has 1 atom stereocenters. The summed E-state index contributed by atoms with van der Waals surface area (Å²) in [6, 6.07) is 7.93. The van der Waals surface area contributed by atoms with E-state index >= 15 is 0 Å². The minimum Gasteiger partial charge on any atom is -0.383 e. The highest BCUT2D eigenvalue weighted by Crippen LogP contribution is 2.27. The number of carbonyl (C=O) groups excluding carboxylic acids is 2. The third kappa shape index (κ3) is 5.58. The van der Waals surface area contributed by atoms with Crippen molar-refractivity contribution in [2.45, 2.75) is 54.1 Å². The second kappa shape index (κ2) is 10.3. The molecule has 0 aliphatic carbocycles. The third-order valence-corrected chi connectivity index (χ3v) is 5.90. The van der Waals surface area contributed by atoms with Crippen molar-refractivity contribution in [3.05, 3.63) is 56.2 Å². The number of aryl methyl sites for hydroxylation is 1. The van der Waals surface area contributed by atoms with E-state index in [2.05, 4.69) is 4.98 Å². The molecule has 1 aliphatic heterocycles. The lowest BCUT2D eigenvalue weighted by molar-refractivity contribution is -0.128. The monoisotopic (exact) mass is 469 g/mol. The zero-order valence-corrected chi connectivity index (χ0v) is 20.6. The van der Waals surface area contributed by atoms with Crippen molar-refractivity contribution < 1.29 is 9.59 Å². The van der Waals surface area contributed by atoms with Crippen molar-refractivity contribution in [3.8, 4) is 0 Å². The molecule has 0 radical (unpaired) electrons. The number of carbonyl (C=O) groups is 2. The van der Waals surface area contributed by atoms with Gasteiger partial charge >= 0.3 is 5.69 Å². The summed E-state index contributed by atoms with van der Waals surface area (Å²) in [5.41, 5.74) is 7.09. The average Bonchev–Trinajstić information content (AvgIpc) is 3.11. The summed E-state index contributed by atoms with van der Waals surface area (Å²) >= 11 is 0. The Hall–Kier alpha value is -3.36. The van der Waals surface area contributed by atoms with E-state index in [9.17, 15) is 19.2 Å². The Bertz CT molecular complexity index is 1160. The molecule has 1 unspecified atom stereocenters. The topological polar surface area (TPSA) is 122 Å². The van der Waals surface area contributed by atoms with E-state index < -0.39 is 17.2 Å². The summed E-state index contributed by atoms with van der Waals surface area (Å²) in [7, 11) is 0. The number of nitrogens with two attached hydrogens (primary N) is 1. The molecule has 3 N–H and O–H groups in total. The largest absolute Gasteiger partial charge is 0.383 e. The molecule has 1 aromatic carbocycles. The van der Waals surface area contributed by atoms with Crippen LogP contribution in [-0.4, -0.2) is 39.4 Å². The van der Waals surface area contributed by atoms with E-state index in [1.165, 1.54) is 9.47 Å². The molecule has 3 rings (SSSR count). The van der Waals surface area contributed by atoms with Crippen LogP contribution < -0.4 is 21.9 Å². The van der Waals surface area contributed by atoms with Crippen LogP contribution in [0.3, 0.4) is 0 Å². The van der Waals surface area contributed by atoms with Crippen molar-refractivity contribution in [2.24, 2.45) is 17.8 Å². The fraction of sp³-hybridized carbons (Fsp3) is 0.520. The number of hydrogen-bond acceptors (Lipinski definition) is 5. The molecule has 0 bridgehead atoms. The molecule has 9 heteroatoms. The maximum Gasteiger partial charge on any atom is 0.330 e. The molecule has 1 aliphatic rings. The molecule has 1 fully saturated rings. The zero-order valence-electron chi connectivity index (χ0n) is 20.6. The van der Waals surface area contributed by atoms with E-state index in [0.29, 0.717) is 13.1 Å². The van der Waals surface area contributed by atoms with Gasteiger partial charge in [0.05, 0.1) is 5.92 Å². The van der Waals surface area contributed by atoms with Crippen LogP contribution in [0, 0.1) is 24.7 Å². The van der Waals surface area contributed by atoms with Gasteiger partial charge in [0, 0.05) is 32.6 Å². The Morgan fingerprint density at radius 1 is 1.12 bits per heavy atom. The Morgan fingerprint density at radius 2 is 1.76 bits per heavy atom. The van der Waals surface area contributed by atoms with E-state index in [4.69, 9.17) is 5.73 Å². The predicted molar refractivity (Wildman–Crippen MR) is 132 cm³/mol. The normalized spacial score (nSPS) is 16.0. The van der Waals surface area contributed by atoms with Gasteiger partial charge < -0.3 is 15.5 Å². The van der Waals surface area contributed by atoms with Crippen LogP contribution in [0.5, 0.6) is 0 Å². The first kappa shape index (κ1) is 25.3. The summed E-state index contributed by atoms with van der Waals surface area (Å²) < 4.78 is 1.30. The minimum absolute atomic E-state index is 0.0246. The second-order valence-corrected chi connectivity index (χ2v) is 10.0. The molecule has 0 saturated carbocycles. The van der Waals surface area contributed by atoms with Gasteiger partial charge in [0.25, 0.3) is 5.56 Å². The molecule has 1 aromatic heterocycles. The highest BCUT2D eigenvalue weighted by Gasteiger charge is 2.38. The standard InChI is InChI=1S/C25H35N5O4/c1-15(2)11-29(21-22(26)30(12-16(3)4)25(34)27-23(21)32)24(33)19-10-20(31)28(14-19)13-18-8-6-17(5)7-9-18/h6-9,15-16,19H,10-14,26H2,1-5H3,(H,27,32,34). The summed E-state index contributed by atoms with van der Waals surface area (Å²) in [4.78, 5) is 56.9. The number of nitrogens with one attached hydrogen (secondary N) is 1. The van der Waals surface area contributed by atoms with E-state index in [-0.39, 0.29) is 54.7 Å². The van der Waals surface area contributed by atoms with Gasteiger partial charge in [0.1, 0.15) is 5.82 Å². The predicted octanol–water partition coefficient (Wildman–Crippen LogP) is 2.12. The van der Waals surface area contributed by atoms with Gasteiger partial charge in [0.2, 0.25) is 11.8 Å². The number of H-pyrrole nitrogens is 1. The van der Waals surface area contributed by atoms with Gasteiger partial charge in [-0.2, -0.15) is 0 Å². The minimum atomic E-state index is -0.697. The fourth-order valence-electron chi connectivity index (χ4n) is 4.27. The number of anilines is 2. The molecule has 1 saturated heterocycles. The molecular weight excluding hydrogens is 434 g/mol. The van der Waals surface area contributed by atoms with Crippen LogP contribution in [0.25, 0.3) is 0 Å². The first-order valence-corrected chi connectivity index (χ1v) is 11.7. The van der Waals surface area contributed by atoms with Crippen LogP contribution in [-0.2, 0) is 22.7 Å². The SMILES string of the molecule is Cc1ccc(CN2CC(C(=O)N(CC(C)C)c3c(N)n(CC(C)C)c(=O)[nH]c3=O)CC2=O)cc1. The Kier molecular flexibility index (Phi) is 7.64. The Balaban J connectivity index is 1.91. The Labute approximate surface area is 199 Å². The highest BCUT2D eigenvalue weighted by atomic mass is 16.2. The maximum atomic E-state index is 13.6. The average molecular weight is 470 g/mol. The Morgan fingerprint density at radius 3 is 2.35 bits per heavy atom. The van der Waals surface area contributed by atoms with Crippen molar-refractivity contribution >= 4 is 23.3 Å². The lowest BCUT2D eigenvalue weighted by atomic mass is 10.1. The van der Waals surface area contributed by atoms with Crippen molar-refractivity contribution in [1.29, 1.82) is 0 Å². The smallest absolute Gasteiger partial charge is 0.330 e. The van der Waals surface area contributed by atoms with E-state index in [1.54, 1.807) is 4.90 Å². The van der Waals surface area contributed by atoms with Crippen molar-refractivity contribution in [2.75, 3.05) is 23.7 Å². The molecule has 9 nitrogen and oxygen atoms in total. The van der Waals surface area contributed by atoms with Crippen LogP contribution >= 0.6 is 0 Å². The third-order valence-electron chi connectivity index (χ3n) is 5.90. The van der Waals surface area contributed by atoms with Gasteiger partial charge in [-0.05, 0) is 24.3 Å². The summed E-state index contributed by atoms with van der Waals surface area (Å²) in [5, 5.41) is 0. The molecule has 2 heterocycles. The quantitative estimate of drug-likeness (QED) is 0.613. The first-order chi connectivity index (χ1) is 16.0. The maximum absolute atomic E-state index is 13.6. The molecular formula is C25H35N5O4. The number of rotatable bonds is 8. The second-order valence-electron chi connectivity index (χ2n) is 10.0. The number of amides is 2. The first-order valence-electron chi connectivity index (χ1n) is 11.7. The highest BCUT2D eigenvalue weighted by molar-refractivity contribution is 6.00. The summed E-state index contributed by atoms with van der Waals surface area (Å²) in [5.74, 6) is -0.918. The number of aromatic amines is 1. The van der Waals surface area contributed by atoms with Gasteiger partial charge in [-0.1, -0.05) is 57.5 Å². The molecule has 2 amide bonds. The molecule has 184 valence electrons. The number of aromatic nitrogens is 2. The van der Waals surface area contributed by atoms with Crippen molar-refractivity contribution in [3.63, 3.8) is 0 Å². The molecule has 34 heavy (non-hydrogen) atoms. The number of nitrogens with zero attached hydrogens (tertiary/aromatic N) is 3. The van der Waals surface area contributed by atoms with Gasteiger partial charge in [-0.3, -0.25) is 23.9 Å². The number of nitrogen functional groups attached to an aromatic ring is 1. The van der Waals surface area contributed by atoms with Crippen LogP contribution in [0.1, 0.15) is 45.2 Å². The number of hydrogen-bond donors (Lipinski definition) is 2. The van der Waals surface area contributed by atoms with Crippen LogP contribution in [0.2, 0.25) is 0 Å². The van der Waals surface area contributed by atoms with Gasteiger partial charge in [-0.15, -0.1) is 0 Å². The fourth-order valence-corrected chi connectivity index (χ4v) is 4.27. The molecule has 0 spiro atoms. The summed E-state index contributed by atoms with van der Waals surface area (Å²) in [6.07, 6.45) is 0.0722. The van der Waals surface area contributed by atoms with Crippen molar-refractivity contribution in [1.82, 2.24) is 14.5 Å². The zero-order chi connectivity index (χ0) is 25.2. The number of benzene rings is 1.